The molecule has 1 aliphatic rings. The van der Waals surface area contributed by atoms with Gasteiger partial charge in [-0.05, 0) is 30.6 Å². The number of carboxylic acid groups (broad SMARTS) is 1. The molecule has 0 aromatic carbocycles. The zero-order valence-electron chi connectivity index (χ0n) is 6.50. The van der Waals surface area contributed by atoms with Crippen LogP contribution in [0.2, 0.25) is 0 Å². The Bertz CT molecular complexity index is 153. The van der Waals surface area contributed by atoms with Crippen LogP contribution >= 0.6 is 23.5 Å². The SMILES string of the molecule is CSC1(C(=O)O)CCSCC1. The first kappa shape index (κ1) is 9.26. The van der Waals surface area contributed by atoms with Crippen molar-refractivity contribution in [1.82, 2.24) is 0 Å². The third-order valence-corrected chi connectivity index (χ3v) is 4.43. The maximum Gasteiger partial charge on any atom is 0.319 e. The summed E-state index contributed by atoms with van der Waals surface area (Å²) in [7, 11) is 0. The fourth-order valence-corrected chi connectivity index (χ4v) is 3.44. The van der Waals surface area contributed by atoms with Crippen LogP contribution in [0.25, 0.3) is 0 Å². The van der Waals surface area contributed by atoms with Gasteiger partial charge in [0.2, 0.25) is 0 Å². The van der Waals surface area contributed by atoms with Crippen molar-refractivity contribution < 1.29 is 9.90 Å². The van der Waals surface area contributed by atoms with E-state index in [1.165, 1.54) is 11.8 Å². The maximum atomic E-state index is 10.9. The summed E-state index contributed by atoms with van der Waals surface area (Å²) in [6, 6.07) is 0. The van der Waals surface area contributed by atoms with Gasteiger partial charge in [-0.2, -0.15) is 11.8 Å². The molecule has 4 heteroatoms. The highest BCUT2D eigenvalue weighted by molar-refractivity contribution is 8.01. The van der Waals surface area contributed by atoms with Crippen molar-refractivity contribution in [3.63, 3.8) is 0 Å². The minimum atomic E-state index is -0.634. The summed E-state index contributed by atoms with van der Waals surface area (Å²) in [5, 5.41) is 8.96. The summed E-state index contributed by atoms with van der Waals surface area (Å²) in [5.41, 5.74) is 0. The summed E-state index contributed by atoms with van der Waals surface area (Å²) in [6.07, 6.45) is 3.52. The molecule has 0 aliphatic carbocycles. The van der Waals surface area contributed by atoms with E-state index in [0.717, 1.165) is 24.3 Å². The van der Waals surface area contributed by atoms with Gasteiger partial charge in [-0.15, -0.1) is 11.8 Å². The van der Waals surface area contributed by atoms with E-state index in [4.69, 9.17) is 5.11 Å². The zero-order valence-corrected chi connectivity index (χ0v) is 8.13. The highest BCUT2D eigenvalue weighted by Gasteiger charge is 2.38. The third kappa shape index (κ3) is 1.85. The lowest BCUT2D eigenvalue weighted by atomic mass is 10.0. The van der Waals surface area contributed by atoms with E-state index >= 15 is 0 Å². The molecule has 0 spiro atoms. The lowest BCUT2D eigenvalue weighted by molar-refractivity contribution is -0.140. The van der Waals surface area contributed by atoms with Gasteiger partial charge in [0.15, 0.2) is 0 Å². The first-order valence-electron chi connectivity index (χ1n) is 3.57. The monoisotopic (exact) mass is 192 g/mol. The molecule has 1 N–H and O–H groups in total. The maximum absolute atomic E-state index is 10.9. The van der Waals surface area contributed by atoms with Gasteiger partial charge in [-0.25, -0.2) is 0 Å². The van der Waals surface area contributed by atoms with Gasteiger partial charge in [0.05, 0.1) is 0 Å². The second kappa shape index (κ2) is 3.72. The lowest BCUT2D eigenvalue weighted by Gasteiger charge is -2.30. The first-order chi connectivity index (χ1) is 5.21. The van der Waals surface area contributed by atoms with E-state index in [2.05, 4.69) is 0 Å². The van der Waals surface area contributed by atoms with Crippen LogP contribution in [0.5, 0.6) is 0 Å². The van der Waals surface area contributed by atoms with Crippen molar-refractivity contribution in [2.45, 2.75) is 17.6 Å². The van der Waals surface area contributed by atoms with Crippen LogP contribution < -0.4 is 0 Å². The van der Waals surface area contributed by atoms with Crippen molar-refractivity contribution in [2.24, 2.45) is 0 Å². The Labute approximate surface area is 75.1 Å². The molecular formula is C7H12O2S2. The molecule has 0 bridgehead atoms. The van der Waals surface area contributed by atoms with Crippen molar-refractivity contribution in [3.8, 4) is 0 Å². The van der Waals surface area contributed by atoms with Crippen molar-refractivity contribution >= 4 is 29.5 Å². The minimum absolute atomic E-state index is 0.467. The van der Waals surface area contributed by atoms with Crippen molar-refractivity contribution in [2.75, 3.05) is 17.8 Å². The molecule has 0 saturated carbocycles. The van der Waals surface area contributed by atoms with Crippen LogP contribution in [0.15, 0.2) is 0 Å². The zero-order chi connectivity index (χ0) is 8.32. The number of hydrogen-bond donors (Lipinski definition) is 1. The average Bonchev–Trinajstić information content (AvgIpc) is 2.05. The average molecular weight is 192 g/mol. The third-order valence-electron chi connectivity index (χ3n) is 2.08. The molecule has 0 aromatic heterocycles. The normalized spacial score (nSPS) is 23.0. The molecule has 1 heterocycles. The molecule has 64 valence electrons. The van der Waals surface area contributed by atoms with Crippen LogP contribution in [0.1, 0.15) is 12.8 Å². The standard InChI is InChI=1S/C7H12O2S2/c1-10-7(6(8)9)2-4-11-5-3-7/h2-5H2,1H3,(H,8,9). The molecule has 1 saturated heterocycles. The van der Waals surface area contributed by atoms with Crippen LogP contribution in [0.4, 0.5) is 0 Å². The largest absolute Gasteiger partial charge is 0.480 e. The van der Waals surface area contributed by atoms with E-state index in [9.17, 15) is 4.79 Å². The predicted molar refractivity (Wildman–Crippen MR) is 50.4 cm³/mol. The second-order valence-electron chi connectivity index (χ2n) is 2.62. The predicted octanol–water partition coefficient (Wildman–Crippen LogP) is 1.70. The topological polar surface area (TPSA) is 37.3 Å². The smallest absolute Gasteiger partial charge is 0.319 e. The summed E-state index contributed by atoms with van der Waals surface area (Å²) < 4.78 is -0.467. The second-order valence-corrected chi connectivity index (χ2v) is 5.03. The molecule has 0 aromatic rings. The molecular weight excluding hydrogens is 180 g/mol. The Morgan fingerprint density at radius 3 is 2.36 bits per heavy atom. The van der Waals surface area contributed by atoms with Crippen molar-refractivity contribution in [3.05, 3.63) is 0 Å². The summed E-state index contributed by atoms with van der Waals surface area (Å²) in [6.45, 7) is 0. The highest BCUT2D eigenvalue weighted by Crippen LogP contribution is 2.37. The summed E-state index contributed by atoms with van der Waals surface area (Å²) in [5.74, 6) is 1.35. The Balaban J connectivity index is 2.64. The van der Waals surface area contributed by atoms with Gasteiger partial charge in [-0.3, -0.25) is 4.79 Å². The molecule has 1 fully saturated rings. The Kier molecular flexibility index (Phi) is 3.13. The fourth-order valence-electron chi connectivity index (χ4n) is 1.21. The molecule has 1 aliphatic heterocycles. The first-order valence-corrected chi connectivity index (χ1v) is 5.95. The lowest BCUT2D eigenvalue weighted by Crippen LogP contribution is -2.38. The van der Waals surface area contributed by atoms with Crippen LogP contribution in [0.3, 0.4) is 0 Å². The molecule has 1 rings (SSSR count). The highest BCUT2D eigenvalue weighted by atomic mass is 32.2. The molecule has 0 atom stereocenters. The van der Waals surface area contributed by atoms with Gasteiger partial charge >= 0.3 is 5.97 Å². The van der Waals surface area contributed by atoms with Gasteiger partial charge in [-0.1, -0.05) is 0 Å². The number of thioether (sulfide) groups is 2. The number of aliphatic carboxylic acids is 1. The Hall–Kier alpha value is 0.170. The summed E-state index contributed by atoms with van der Waals surface area (Å²) >= 11 is 3.34. The molecule has 0 unspecified atom stereocenters. The number of hydrogen-bond acceptors (Lipinski definition) is 3. The van der Waals surface area contributed by atoms with Crippen LogP contribution in [-0.4, -0.2) is 33.6 Å². The van der Waals surface area contributed by atoms with Gasteiger partial charge in [0.1, 0.15) is 4.75 Å². The van der Waals surface area contributed by atoms with Crippen molar-refractivity contribution in [1.29, 1.82) is 0 Å². The molecule has 0 radical (unpaired) electrons. The van der Waals surface area contributed by atoms with Gasteiger partial charge < -0.3 is 5.11 Å². The van der Waals surface area contributed by atoms with E-state index < -0.39 is 10.7 Å². The van der Waals surface area contributed by atoms with Gasteiger partial charge in [0.25, 0.3) is 0 Å². The van der Waals surface area contributed by atoms with Gasteiger partial charge in [0, 0.05) is 0 Å². The van der Waals surface area contributed by atoms with E-state index in [1.807, 2.05) is 18.0 Å². The number of carbonyl (C=O) groups is 1. The van der Waals surface area contributed by atoms with Crippen LogP contribution in [-0.2, 0) is 4.79 Å². The summed E-state index contributed by atoms with van der Waals surface area (Å²) in [4.78, 5) is 10.9. The number of carboxylic acids is 1. The molecule has 0 amide bonds. The Morgan fingerprint density at radius 2 is 2.09 bits per heavy atom. The quantitative estimate of drug-likeness (QED) is 0.722. The molecule has 11 heavy (non-hydrogen) atoms. The number of rotatable bonds is 2. The van der Waals surface area contributed by atoms with Crippen LogP contribution in [0, 0.1) is 0 Å². The Morgan fingerprint density at radius 1 is 1.55 bits per heavy atom. The molecule has 2 nitrogen and oxygen atoms in total. The van der Waals surface area contributed by atoms with E-state index in [-0.39, 0.29) is 0 Å². The minimum Gasteiger partial charge on any atom is -0.480 e. The van der Waals surface area contributed by atoms with E-state index in [0.29, 0.717) is 0 Å². The van der Waals surface area contributed by atoms with E-state index in [1.54, 1.807) is 0 Å². The fraction of sp³-hybridized carbons (Fsp3) is 0.857.